The molecule has 3 atom stereocenters. The summed E-state index contributed by atoms with van der Waals surface area (Å²) >= 11 is 0. The first kappa shape index (κ1) is 16.5. The third-order valence-electron chi connectivity index (χ3n) is 5.21. The van der Waals surface area contributed by atoms with Gasteiger partial charge in [0.1, 0.15) is 0 Å². The lowest BCUT2D eigenvalue weighted by molar-refractivity contribution is 0.324. The summed E-state index contributed by atoms with van der Waals surface area (Å²) in [4.78, 5) is 0. The number of hydrogen-bond donors (Lipinski definition) is 1. The zero-order chi connectivity index (χ0) is 14.9. The van der Waals surface area contributed by atoms with Crippen LogP contribution in [0.25, 0.3) is 0 Å². The summed E-state index contributed by atoms with van der Waals surface area (Å²) in [6.07, 6.45) is 10.9. The van der Waals surface area contributed by atoms with Crippen molar-refractivity contribution >= 4 is 0 Å². The van der Waals surface area contributed by atoms with Crippen LogP contribution in [-0.2, 0) is 6.42 Å². The van der Waals surface area contributed by atoms with Crippen molar-refractivity contribution in [2.24, 2.45) is 11.8 Å². The molecule has 0 radical (unpaired) electrons. The minimum Gasteiger partial charge on any atom is -0.314 e. The number of aryl methyl sites for hydroxylation is 1. The Labute approximate surface area is 131 Å². The van der Waals surface area contributed by atoms with Crippen LogP contribution in [0.5, 0.6) is 0 Å². The molecule has 1 fully saturated rings. The molecule has 1 heteroatoms. The topological polar surface area (TPSA) is 12.0 Å². The van der Waals surface area contributed by atoms with Gasteiger partial charge in [0.15, 0.2) is 0 Å². The summed E-state index contributed by atoms with van der Waals surface area (Å²) in [6, 6.07) is 11.7. The van der Waals surface area contributed by atoms with Gasteiger partial charge >= 0.3 is 0 Å². The highest BCUT2D eigenvalue weighted by molar-refractivity contribution is 5.14. The van der Waals surface area contributed by atoms with Gasteiger partial charge in [0.05, 0.1) is 0 Å². The summed E-state index contributed by atoms with van der Waals surface area (Å²) in [7, 11) is 0. The second kappa shape index (κ2) is 9.25. The monoisotopic (exact) mass is 287 g/mol. The van der Waals surface area contributed by atoms with Gasteiger partial charge in [0.2, 0.25) is 0 Å². The molecule has 1 aliphatic carbocycles. The summed E-state index contributed by atoms with van der Waals surface area (Å²) in [5, 5.41) is 3.84. The molecule has 0 amide bonds. The minimum atomic E-state index is 0.755. The van der Waals surface area contributed by atoms with Crippen molar-refractivity contribution in [3.05, 3.63) is 35.9 Å². The highest BCUT2D eigenvalue weighted by Gasteiger charge is 2.29. The van der Waals surface area contributed by atoms with Crippen LogP contribution >= 0.6 is 0 Å². The first-order valence-electron chi connectivity index (χ1n) is 9.10. The molecule has 1 saturated carbocycles. The molecule has 1 aliphatic rings. The summed E-state index contributed by atoms with van der Waals surface area (Å²) in [5.74, 6) is 1.92. The first-order valence-corrected chi connectivity index (χ1v) is 9.10. The third kappa shape index (κ3) is 5.47. The lowest BCUT2D eigenvalue weighted by Gasteiger charge is -2.25. The molecule has 0 saturated heterocycles. The second-order valence-corrected chi connectivity index (χ2v) is 6.79. The minimum absolute atomic E-state index is 0.755. The molecule has 1 N–H and O–H groups in total. The molecule has 0 aromatic heterocycles. The van der Waals surface area contributed by atoms with Crippen molar-refractivity contribution in [1.29, 1.82) is 0 Å². The van der Waals surface area contributed by atoms with Crippen molar-refractivity contribution in [2.75, 3.05) is 6.54 Å². The maximum atomic E-state index is 3.84. The molecule has 0 heterocycles. The van der Waals surface area contributed by atoms with Gasteiger partial charge in [-0.15, -0.1) is 0 Å². The van der Waals surface area contributed by atoms with E-state index in [9.17, 15) is 0 Å². The van der Waals surface area contributed by atoms with E-state index in [1.165, 1.54) is 63.5 Å². The third-order valence-corrected chi connectivity index (χ3v) is 5.21. The standard InChI is InChI=1S/C20H33N/c1-3-15-21-20(19-14-13-17(4-2)16-19)12-8-11-18-9-6-5-7-10-18/h5-7,9-10,17,19-21H,3-4,8,11-16H2,1-2H3. The molecule has 0 bridgehead atoms. The Morgan fingerprint density at radius 2 is 1.95 bits per heavy atom. The van der Waals surface area contributed by atoms with Crippen LogP contribution in [0.4, 0.5) is 0 Å². The molecule has 2 rings (SSSR count). The van der Waals surface area contributed by atoms with E-state index >= 15 is 0 Å². The van der Waals surface area contributed by atoms with Crippen LogP contribution in [0.2, 0.25) is 0 Å². The fraction of sp³-hybridized carbons (Fsp3) is 0.700. The molecular formula is C20H33N. The van der Waals surface area contributed by atoms with Crippen molar-refractivity contribution < 1.29 is 0 Å². The number of nitrogens with one attached hydrogen (secondary N) is 1. The lowest BCUT2D eigenvalue weighted by Crippen LogP contribution is -2.36. The van der Waals surface area contributed by atoms with Crippen LogP contribution in [0.15, 0.2) is 30.3 Å². The Balaban J connectivity index is 1.79. The highest BCUT2D eigenvalue weighted by Crippen LogP contribution is 2.36. The predicted molar refractivity (Wildman–Crippen MR) is 92.6 cm³/mol. The summed E-state index contributed by atoms with van der Waals surface area (Å²) < 4.78 is 0. The lowest BCUT2D eigenvalue weighted by atomic mass is 9.91. The van der Waals surface area contributed by atoms with Crippen molar-refractivity contribution in [3.8, 4) is 0 Å². The van der Waals surface area contributed by atoms with Gasteiger partial charge in [-0.25, -0.2) is 0 Å². The van der Waals surface area contributed by atoms with E-state index in [0.29, 0.717) is 0 Å². The first-order chi connectivity index (χ1) is 10.3. The van der Waals surface area contributed by atoms with E-state index < -0.39 is 0 Å². The molecule has 1 nitrogen and oxygen atoms in total. The smallest absolute Gasteiger partial charge is 0.00955 e. The highest BCUT2D eigenvalue weighted by atomic mass is 14.9. The van der Waals surface area contributed by atoms with E-state index in [1.54, 1.807) is 0 Å². The van der Waals surface area contributed by atoms with Crippen LogP contribution < -0.4 is 5.32 Å². The summed E-state index contributed by atoms with van der Waals surface area (Å²) in [6.45, 7) is 5.82. The Kier molecular flexibility index (Phi) is 7.29. The molecule has 0 aliphatic heterocycles. The van der Waals surface area contributed by atoms with Crippen molar-refractivity contribution in [1.82, 2.24) is 5.32 Å². The van der Waals surface area contributed by atoms with Gasteiger partial charge in [0, 0.05) is 6.04 Å². The fourth-order valence-electron chi connectivity index (χ4n) is 3.85. The van der Waals surface area contributed by atoms with Gasteiger partial charge in [-0.1, -0.05) is 57.0 Å². The van der Waals surface area contributed by atoms with Crippen LogP contribution in [0.3, 0.4) is 0 Å². The molecule has 1 aromatic carbocycles. The average molecular weight is 287 g/mol. The molecule has 118 valence electrons. The van der Waals surface area contributed by atoms with Crippen molar-refractivity contribution in [3.63, 3.8) is 0 Å². The number of hydrogen-bond acceptors (Lipinski definition) is 1. The molecule has 1 aromatic rings. The Hall–Kier alpha value is -0.820. The Morgan fingerprint density at radius 1 is 1.14 bits per heavy atom. The van der Waals surface area contributed by atoms with Crippen LogP contribution in [-0.4, -0.2) is 12.6 Å². The molecular weight excluding hydrogens is 254 g/mol. The number of rotatable bonds is 9. The van der Waals surface area contributed by atoms with Crippen LogP contribution in [0, 0.1) is 11.8 Å². The quantitative estimate of drug-likeness (QED) is 0.658. The van der Waals surface area contributed by atoms with Gasteiger partial charge in [-0.3, -0.25) is 0 Å². The fourth-order valence-corrected chi connectivity index (χ4v) is 3.85. The maximum Gasteiger partial charge on any atom is 0.00955 e. The van der Waals surface area contributed by atoms with Gasteiger partial charge in [-0.2, -0.15) is 0 Å². The molecule has 3 unspecified atom stereocenters. The van der Waals surface area contributed by atoms with Crippen molar-refractivity contribution in [2.45, 2.75) is 71.3 Å². The zero-order valence-corrected chi connectivity index (χ0v) is 14.0. The summed E-state index contributed by atoms with van der Waals surface area (Å²) in [5.41, 5.74) is 1.49. The van der Waals surface area contributed by atoms with E-state index in [0.717, 1.165) is 17.9 Å². The largest absolute Gasteiger partial charge is 0.314 e. The maximum absolute atomic E-state index is 3.84. The Bertz CT molecular complexity index is 373. The van der Waals surface area contributed by atoms with E-state index in [4.69, 9.17) is 0 Å². The van der Waals surface area contributed by atoms with Gasteiger partial charge < -0.3 is 5.32 Å². The SMILES string of the molecule is CCCNC(CCCc1ccccc1)C1CCC(CC)C1. The van der Waals surface area contributed by atoms with E-state index in [-0.39, 0.29) is 0 Å². The molecule has 0 spiro atoms. The molecule has 21 heavy (non-hydrogen) atoms. The number of benzene rings is 1. The zero-order valence-electron chi connectivity index (χ0n) is 14.0. The van der Waals surface area contributed by atoms with Gasteiger partial charge in [0.25, 0.3) is 0 Å². The second-order valence-electron chi connectivity index (χ2n) is 6.79. The van der Waals surface area contributed by atoms with Gasteiger partial charge in [-0.05, 0) is 62.5 Å². The average Bonchev–Trinajstić information content (AvgIpc) is 3.00. The van der Waals surface area contributed by atoms with E-state index in [1.807, 2.05) is 0 Å². The Morgan fingerprint density at radius 3 is 2.62 bits per heavy atom. The van der Waals surface area contributed by atoms with Crippen LogP contribution in [0.1, 0.15) is 64.4 Å². The van der Waals surface area contributed by atoms with E-state index in [2.05, 4.69) is 49.5 Å². The normalized spacial score (nSPS) is 23.3. The predicted octanol–water partition coefficient (Wildman–Crippen LogP) is 5.20.